The second-order valence-corrected chi connectivity index (χ2v) is 3.61. The monoisotopic (exact) mass is 192 g/mol. The Labute approximate surface area is 82.1 Å². The molecule has 1 aromatic rings. The highest BCUT2D eigenvalue weighted by atomic mass is 16.5. The first-order valence-electron chi connectivity index (χ1n) is 4.48. The van der Waals surface area contributed by atoms with Gasteiger partial charge in [-0.05, 0) is 24.5 Å². The van der Waals surface area contributed by atoms with E-state index in [2.05, 4.69) is 9.72 Å². The summed E-state index contributed by atoms with van der Waals surface area (Å²) < 4.78 is 4.60. The van der Waals surface area contributed by atoms with Crippen LogP contribution in [0.25, 0.3) is 0 Å². The van der Waals surface area contributed by atoms with E-state index >= 15 is 0 Å². The predicted octanol–water partition coefficient (Wildman–Crippen LogP) is 0.816. The Morgan fingerprint density at radius 2 is 2.29 bits per heavy atom. The highest BCUT2D eigenvalue weighted by Gasteiger charge is 2.40. The summed E-state index contributed by atoms with van der Waals surface area (Å²) in [5.74, 6) is -0.372. The van der Waals surface area contributed by atoms with Crippen molar-refractivity contribution in [3.05, 3.63) is 29.6 Å². The summed E-state index contributed by atoms with van der Waals surface area (Å²) in [6, 6.07) is 1.76. The molecule has 1 aromatic heterocycles. The number of nitrogens with zero attached hydrogens (tertiary/aromatic N) is 1. The van der Waals surface area contributed by atoms with E-state index in [1.165, 1.54) is 13.3 Å². The Morgan fingerprint density at radius 1 is 1.57 bits per heavy atom. The molecule has 4 heteroatoms. The normalized spacial score (nSPS) is 17.6. The molecule has 14 heavy (non-hydrogen) atoms. The number of esters is 1. The van der Waals surface area contributed by atoms with Crippen molar-refractivity contribution >= 4 is 5.97 Å². The molecule has 4 nitrogen and oxygen atoms in total. The second kappa shape index (κ2) is 3.06. The van der Waals surface area contributed by atoms with Gasteiger partial charge in [0.1, 0.15) is 0 Å². The molecule has 0 bridgehead atoms. The van der Waals surface area contributed by atoms with Crippen LogP contribution in [0.5, 0.6) is 0 Å². The second-order valence-electron chi connectivity index (χ2n) is 3.61. The fourth-order valence-electron chi connectivity index (χ4n) is 1.37. The van der Waals surface area contributed by atoms with E-state index in [0.717, 1.165) is 18.4 Å². The van der Waals surface area contributed by atoms with Gasteiger partial charge in [-0.1, -0.05) is 0 Å². The minimum Gasteiger partial charge on any atom is -0.465 e. The number of methoxy groups -OCH3 is 1. The number of carbonyl (C=O) groups excluding carboxylic acids is 1. The SMILES string of the molecule is COC(=O)c1cncc(C2(N)CC2)c1. The Bertz CT molecular complexity index is 372. The van der Waals surface area contributed by atoms with Crippen molar-refractivity contribution in [1.29, 1.82) is 0 Å². The van der Waals surface area contributed by atoms with Crippen LogP contribution >= 0.6 is 0 Å². The van der Waals surface area contributed by atoms with Crippen LogP contribution in [0.2, 0.25) is 0 Å². The molecular formula is C10H12N2O2. The molecule has 0 amide bonds. The minimum absolute atomic E-state index is 0.253. The van der Waals surface area contributed by atoms with Crippen LogP contribution in [0, 0.1) is 0 Å². The van der Waals surface area contributed by atoms with Crippen LogP contribution in [-0.2, 0) is 10.3 Å². The maximum Gasteiger partial charge on any atom is 0.339 e. The molecule has 1 aliphatic carbocycles. The molecule has 0 atom stereocenters. The highest BCUT2D eigenvalue weighted by molar-refractivity contribution is 5.89. The maximum absolute atomic E-state index is 11.2. The van der Waals surface area contributed by atoms with E-state index in [4.69, 9.17) is 5.73 Å². The fourth-order valence-corrected chi connectivity index (χ4v) is 1.37. The molecule has 0 unspecified atom stereocenters. The van der Waals surface area contributed by atoms with Crippen molar-refractivity contribution in [1.82, 2.24) is 4.98 Å². The molecule has 0 aliphatic heterocycles. The Balaban J connectivity index is 2.32. The summed E-state index contributed by atoms with van der Waals surface area (Å²) in [6.07, 6.45) is 5.11. The Hall–Kier alpha value is -1.42. The van der Waals surface area contributed by atoms with Gasteiger partial charge in [0, 0.05) is 17.9 Å². The van der Waals surface area contributed by atoms with E-state index in [9.17, 15) is 4.79 Å². The standard InChI is InChI=1S/C10H12N2O2/c1-14-9(13)7-4-8(6-12-5-7)10(11)2-3-10/h4-6H,2-3,11H2,1H3. The number of ether oxygens (including phenoxy) is 1. The third kappa shape index (κ3) is 1.48. The molecule has 1 heterocycles. The first kappa shape index (κ1) is 9.15. The van der Waals surface area contributed by atoms with E-state index in [1.807, 2.05) is 0 Å². The zero-order chi connectivity index (χ0) is 10.2. The summed E-state index contributed by atoms with van der Waals surface area (Å²) in [4.78, 5) is 15.2. The molecule has 0 spiro atoms. The van der Waals surface area contributed by atoms with E-state index in [1.54, 1.807) is 12.3 Å². The molecule has 2 N–H and O–H groups in total. The summed E-state index contributed by atoms with van der Waals surface area (Å²) in [7, 11) is 1.35. The number of nitrogens with two attached hydrogens (primary N) is 1. The van der Waals surface area contributed by atoms with Crippen molar-refractivity contribution < 1.29 is 9.53 Å². The number of carbonyl (C=O) groups is 1. The molecule has 1 fully saturated rings. The Morgan fingerprint density at radius 3 is 2.86 bits per heavy atom. The number of rotatable bonds is 2. The van der Waals surface area contributed by atoms with Gasteiger partial charge in [0.25, 0.3) is 0 Å². The highest BCUT2D eigenvalue weighted by Crippen LogP contribution is 2.42. The van der Waals surface area contributed by atoms with Crippen molar-refractivity contribution in [2.75, 3.05) is 7.11 Å². The molecule has 1 aliphatic rings. The third-order valence-electron chi connectivity index (χ3n) is 2.52. The molecule has 2 rings (SSSR count). The summed E-state index contributed by atoms with van der Waals surface area (Å²) >= 11 is 0. The summed E-state index contributed by atoms with van der Waals surface area (Å²) in [5, 5.41) is 0. The predicted molar refractivity (Wildman–Crippen MR) is 50.7 cm³/mol. The lowest BCUT2D eigenvalue weighted by Gasteiger charge is -2.08. The van der Waals surface area contributed by atoms with E-state index < -0.39 is 0 Å². The van der Waals surface area contributed by atoms with Crippen molar-refractivity contribution in [2.24, 2.45) is 5.73 Å². The first-order valence-corrected chi connectivity index (χ1v) is 4.48. The van der Waals surface area contributed by atoms with Gasteiger partial charge in [0.2, 0.25) is 0 Å². The summed E-state index contributed by atoms with van der Waals surface area (Å²) in [5.41, 5.74) is 7.11. The van der Waals surface area contributed by atoms with Gasteiger partial charge < -0.3 is 10.5 Å². The van der Waals surface area contributed by atoms with E-state index in [0.29, 0.717) is 5.56 Å². The minimum atomic E-state index is -0.372. The summed E-state index contributed by atoms with van der Waals surface area (Å²) in [6.45, 7) is 0. The molecular weight excluding hydrogens is 180 g/mol. The average molecular weight is 192 g/mol. The lowest BCUT2D eigenvalue weighted by atomic mass is 10.1. The molecule has 0 radical (unpaired) electrons. The molecule has 1 saturated carbocycles. The van der Waals surface area contributed by atoms with Gasteiger partial charge in [-0.15, -0.1) is 0 Å². The molecule has 0 aromatic carbocycles. The van der Waals surface area contributed by atoms with Gasteiger partial charge in [0.15, 0.2) is 0 Å². The smallest absolute Gasteiger partial charge is 0.339 e. The molecule has 74 valence electrons. The average Bonchev–Trinajstić information content (AvgIpc) is 2.97. The Kier molecular flexibility index (Phi) is 2.00. The lowest BCUT2D eigenvalue weighted by Crippen LogP contribution is -2.19. The van der Waals surface area contributed by atoms with Gasteiger partial charge in [-0.25, -0.2) is 4.79 Å². The number of pyridine rings is 1. The number of hydrogen-bond donors (Lipinski definition) is 1. The van der Waals surface area contributed by atoms with Gasteiger partial charge >= 0.3 is 5.97 Å². The maximum atomic E-state index is 11.2. The zero-order valence-electron chi connectivity index (χ0n) is 7.99. The van der Waals surface area contributed by atoms with Gasteiger partial charge in [-0.2, -0.15) is 0 Å². The van der Waals surface area contributed by atoms with Gasteiger partial charge in [0.05, 0.1) is 12.7 Å². The van der Waals surface area contributed by atoms with Crippen LogP contribution in [0.15, 0.2) is 18.5 Å². The first-order chi connectivity index (χ1) is 6.65. The largest absolute Gasteiger partial charge is 0.465 e. The van der Waals surface area contributed by atoms with Crippen molar-refractivity contribution in [3.8, 4) is 0 Å². The van der Waals surface area contributed by atoms with Gasteiger partial charge in [-0.3, -0.25) is 4.98 Å². The third-order valence-corrected chi connectivity index (χ3v) is 2.52. The van der Waals surface area contributed by atoms with Crippen molar-refractivity contribution in [2.45, 2.75) is 18.4 Å². The van der Waals surface area contributed by atoms with Crippen molar-refractivity contribution in [3.63, 3.8) is 0 Å². The number of hydrogen-bond acceptors (Lipinski definition) is 4. The lowest BCUT2D eigenvalue weighted by molar-refractivity contribution is 0.0600. The molecule has 0 saturated heterocycles. The van der Waals surface area contributed by atoms with Crippen LogP contribution in [0.4, 0.5) is 0 Å². The van der Waals surface area contributed by atoms with Crippen LogP contribution in [-0.4, -0.2) is 18.1 Å². The topological polar surface area (TPSA) is 65.2 Å². The quantitative estimate of drug-likeness (QED) is 0.704. The number of aromatic nitrogens is 1. The van der Waals surface area contributed by atoms with E-state index in [-0.39, 0.29) is 11.5 Å². The van der Waals surface area contributed by atoms with Crippen LogP contribution < -0.4 is 5.73 Å². The van der Waals surface area contributed by atoms with Crippen LogP contribution in [0.1, 0.15) is 28.8 Å². The zero-order valence-corrected chi connectivity index (χ0v) is 7.99. The van der Waals surface area contributed by atoms with Crippen LogP contribution in [0.3, 0.4) is 0 Å². The fraction of sp³-hybridized carbons (Fsp3) is 0.400.